The van der Waals surface area contributed by atoms with Crippen molar-refractivity contribution in [2.24, 2.45) is 28.6 Å². The molecule has 5 atom stereocenters. The van der Waals surface area contributed by atoms with Gasteiger partial charge in [-0.2, -0.15) is 0 Å². The maximum absolute atomic E-state index is 11.0. The Hall–Kier alpha value is -0.460. The van der Waals surface area contributed by atoms with Crippen LogP contribution in [0.25, 0.3) is 0 Å². The molecule has 0 aromatic rings. The summed E-state index contributed by atoms with van der Waals surface area (Å²) in [4.78, 5) is 0. The predicted octanol–water partition coefficient (Wildman–Crippen LogP) is 3.41. The van der Waals surface area contributed by atoms with E-state index in [1.807, 2.05) is 0 Å². The molecule has 2 heterocycles. The lowest BCUT2D eigenvalue weighted by Crippen LogP contribution is -2.57. The van der Waals surface area contributed by atoms with E-state index in [1.54, 1.807) is 0 Å². The molecule has 2 saturated heterocycles. The fourth-order valence-electron chi connectivity index (χ4n) is 8.11. The molecule has 3 saturated carbocycles. The quantitative estimate of drug-likeness (QED) is 0.693. The minimum absolute atomic E-state index is 0.0348. The van der Waals surface area contributed by atoms with Crippen molar-refractivity contribution >= 4 is 0 Å². The highest BCUT2D eigenvalue weighted by Gasteiger charge is 2.67. The van der Waals surface area contributed by atoms with Gasteiger partial charge in [0.1, 0.15) is 0 Å². The third-order valence-corrected chi connectivity index (χ3v) is 9.45. The number of rotatable bonds is 1. The van der Waals surface area contributed by atoms with Crippen LogP contribution in [0.3, 0.4) is 0 Å². The van der Waals surface area contributed by atoms with Gasteiger partial charge in [0.2, 0.25) is 0 Å². The third kappa shape index (κ3) is 2.15. The highest BCUT2D eigenvalue weighted by molar-refractivity contribution is 5.28. The Labute approximate surface area is 170 Å². The third-order valence-electron chi connectivity index (χ3n) is 9.45. The molecule has 0 radical (unpaired) electrons. The molecule has 0 bridgehead atoms. The maximum atomic E-state index is 11.0. The van der Waals surface area contributed by atoms with Gasteiger partial charge in [0.15, 0.2) is 11.6 Å². The van der Waals surface area contributed by atoms with Crippen molar-refractivity contribution in [3.8, 4) is 0 Å². The molecule has 28 heavy (non-hydrogen) atoms. The number of fused-ring (bicyclic) bond motifs is 6. The van der Waals surface area contributed by atoms with Crippen molar-refractivity contribution < 1.29 is 26.8 Å². The van der Waals surface area contributed by atoms with Gasteiger partial charge in [-0.1, -0.05) is 18.6 Å². The summed E-state index contributed by atoms with van der Waals surface area (Å²) in [5.41, 5.74) is 0.145. The van der Waals surface area contributed by atoms with E-state index in [-0.39, 0.29) is 11.3 Å². The van der Waals surface area contributed by atoms with Crippen LogP contribution in [0.1, 0.15) is 61.0 Å². The molecule has 4 aliphatic carbocycles. The number of hydrogen-bond donors (Lipinski definition) is 1. The Kier molecular flexibility index (Phi) is 3.51. The molecule has 0 unspecified atom stereocenters. The van der Waals surface area contributed by atoms with Crippen molar-refractivity contribution in [3.63, 3.8) is 0 Å². The standard InChI is InChI=1S/C23H34O5/c1-20-6-4-19-17(18(20)5-7-23(20)27-12-13-28-23)3-2-16-14-22(25-10-11-26-22)9-8-21(16,19)15-24/h2,17-19,24H,3-15H2,1H3/t17-,18-,19-,20-,21+/m0/s1/i15D2. The zero-order valence-corrected chi connectivity index (χ0v) is 16.9. The Morgan fingerprint density at radius 3 is 2.46 bits per heavy atom. The highest BCUT2D eigenvalue weighted by Crippen LogP contribution is 2.69. The minimum Gasteiger partial charge on any atom is -0.395 e. The molecule has 6 aliphatic rings. The molecule has 5 nitrogen and oxygen atoms in total. The van der Waals surface area contributed by atoms with Crippen molar-refractivity contribution in [3.05, 3.63) is 11.6 Å². The molecule has 1 N–H and O–H groups in total. The monoisotopic (exact) mass is 392 g/mol. The lowest BCUT2D eigenvalue weighted by Gasteiger charge is -2.59. The van der Waals surface area contributed by atoms with Crippen LogP contribution in [0.15, 0.2) is 11.6 Å². The number of ether oxygens (including phenoxy) is 4. The van der Waals surface area contributed by atoms with E-state index >= 15 is 0 Å². The number of hydrogen-bond acceptors (Lipinski definition) is 5. The summed E-state index contributed by atoms with van der Waals surface area (Å²) in [6.45, 7) is 2.62. The molecule has 2 spiro atoms. The average Bonchev–Trinajstić information content (AvgIpc) is 3.42. The van der Waals surface area contributed by atoms with E-state index in [4.69, 9.17) is 21.7 Å². The summed E-state index contributed by atoms with van der Waals surface area (Å²) >= 11 is 0. The molecule has 0 amide bonds. The first-order valence-electron chi connectivity index (χ1n) is 12.2. The summed E-state index contributed by atoms with van der Waals surface area (Å²) < 4.78 is 41.5. The molecule has 156 valence electrons. The van der Waals surface area contributed by atoms with Crippen LogP contribution in [0.5, 0.6) is 0 Å². The summed E-state index contributed by atoms with van der Waals surface area (Å²) in [6, 6.07) is 0. The lowest BCUT2D eigenvalue weighted by molar-refractivity contribution is -0.245. The second-order valence-corrected chi connectivity index (χ2v) is 10.2. The van der Waals surface area contributed by atoms with Crippen LogP contribution in [0.2, 0.25) is 0 Å². The Balaban J connectivity index is 1.39. The van der Waals surface area contributed by atoms with E-state index in [0.29, 0.717) is 57.5 Å². The predicted molar refractivity (Wildman–Crippen MR) is 102 cm³/mol. The Bertz CT molecular complexity index is 751. The maximum Gasteiger partial charge on any atom is 0.174 e. The van der Waals surface area contributed by atoms with Crippen molar-refractivity contribution in [2.75, 3.05) is 33.0 Å². The molecule has 5 fully saturated rings. The average molecular weight is 393 g/mol. The summed E-state index contributed by atoms with van der Waals surface area (Å²) in [6.07, 6.45) is 8.81. The molecule has 0 aromatic heterocycles. The first-order valence-corrected chi connectivity index (χ1v) is 11.2. The molecule has 0 aromatic carbocycles. The van der Waals surface area contributed by atoms with Gasteiger partial charge in [0.05, 0.1) is 35.7 Å². The van der Waals surface area contributed by atoms with E-state index in [1.165, 1.54) is 0 Å². The molecule has 2 aliphatic heterocycles. The first kappa shape index (κ1) is 16.3. The zero-order valence-electron chi connectivity index (χ0n) is 18.9. The molecule has 5 heteroatoms. The van der Waals surface area contributed by atoms with Crippen LogP contribution in [-0.2, 0) is 18.9 Å². The van der Waals surface area contributed by atoms with Crippen LogP contribution >= 0.6 is 0 Å². The van der Waals surface area contributed by atoms with Gasteiger partial charge in [0, 0.05) is 30.1 Å². The topological polar surface area (TPSA) is 57.2 Å². The van der Waals surface area contributed by atoms with Crippen molar-refractivity contribution in [2.45, 2.75) is 69.9 Å². The van der Waals surface area contributed by atoms with Crippen LogP contribution < -0.4 is 0 Å². The molecule has 6 rings (SSSR count). The van der Waals surface area contributed by atoms with Gasteiger partial charge < -0.3 is 24.1 Å². The Morgan fingerprint density at radius 2 is 1.71 bits per heavy atom. The summed E-state index contributed by atoms with van der Waals surface area (Å²) in [5.74, 6) is -0.159. The van der Waals surface area contributed by atoms with Crippen molar-refractivity contribution in [1.82, 2.24) is 0 Å². The van der Waals surface area contributed by atoms with Crippen LogP contribution in [0, 0.1) is 28.6 Å². The highest BCUT2D eigenvalue weighted by atomic mass is 16.7. The van der Waals surface area contributed by atoms with Gasteiger partial charge in [-0.3, -0.25) is 0 Å². The second kappa shape index (κ2) is 6.04. The van der Waals surface area contributed by atoms with Gasteiger partial charge in [-0.25, -0.2) is 0 Å². The van der Waals surface area contributed by atoms with Crippen LogP contribution in [-0.4, -0.2) is 49.7 Å². The van der Waals surface area contributed by atoms with Crippen molar-refractivity contribution in [1.29, 1.82) is 0 Å². The second-order valence-electron chi connectivity index (χ2n) is 10.2. The lowest BCUT2D eigenvalue weighted by atomic mass is 9.47. The zero-order chi connectivity index (χ0) is 20.8. The fraction of sp³-hybridized carbons (Fsp3) is 0.913. The number of allylic oxidation sites excluding steroid dienone is 1. The largest absolute Gasteiger partial charge is 0.395 e. The van der Waals surface area contributed by atoms with E-state index in [9.17, 15) is 5.11 Å². The van der Waals surface area contributed by atoms with Gasteiger partial charge in [-0.05, 0) is 49.9 Å². The fourth-order valence-corrected chi connectivity index (χ4v) is 8.11. The number of aliphatic hydroxyl groups is 1. The SMILES string of the molecule is [2H]C([2H])(O)[C@]12CCC3(CC1=CC[C@H]1[C@@H]4CCC5(OCCO5)[C@@]4(C)CC[C@@H]12)OCCO3. The molecular formula is C23H34O5. The first-order chi connectivity index (χ1) is 14.3. The minimum atomic E-state index is -2.26. The van der Waals surface area contributed by atoms with Gasteiger partial charge >= 0.3 is 0 Å². The normalized spacial score (nSPS) is 49.9. The van der Waals surface area contributed by atoms with E-state index in [2.05, 4.69) is 13.0 Å². The molecular weight excluding hydrogens is 356 g/mol. The van der Waals surface area contributed by atoms with Crippen LogP contribution in [0.4, 0.5) is 0 Å². The summed E-state index contributed by atoms with van der Waals surface area (Å²) in [7, 11) is 0. The van der Waals surface area contributed by atoms with Gasteiger partial charge in [-0.15, -0.1) is 0 Å². The summed E-state index contributed by atoms with van der Waals surface area (Å²) in [5, 5.41) is 11.0. The van der Waals surface area contributed by atoms with E-state index in [0.717, 1.165) is 37.7 Å². The smallest absolute Gasteiger partial charge is 0.174 e. The Morgan fingerprint density at radius 1 is 1.00 bits per heavy atom. The van der Waals surface area contributed by atoms with E-state index < -0.39 is 23.5 Å². The van der Waals surface area contributed by atoms with Gasteiger partial charge in [0.25, 0.3) is 0 Å².